The highest BCUT2D eigenvalue weighted by Crippen LogP contribution is 2.34. The molecular weight excluding hydrogens is 266 g/mol. The fraction of sp³-hybridized carbons (Fsp3) is 0.938. The first-order valence-electron chi connectivity index (χ1n) is 8.19. The minimum absolute atomic E-state index is 0.269. The van der Waals surface area contributed by atoms with Gasteiger partial charge in [-0.05, 0) is 60.4 Å². The van der Waals surface area contributed by atoms with Crippen molar-refractivity contribution in [3.05, 3.63) is 0 Å². The Kier molecular flexibility index (Phi) is 5.15. The quantitative estimate of drug-likeness (QED) is 0.834. The van der Waals surface area contributed by atoms with Gasteiger partial charge in [0, 0.05) is 30.7 Å². The van der Waals surface area contributed by atoms with Gasteiger partial charge >= 0.3 is 6.09 Å². The predicted octanol–water partition coefficient (Wildman–Crippen LogP) is 2.11. The Morgan fingerprint density at radius 2 is 1.86 bits per heavy atom. The lowest BCUT2D eigenvalue weighted by atomic mass is 9.97. The van der Waals surface area contributed by atoms with Crippen LogP contribution in [0, 0.1) is 0 Å². The normalized spacial score (nSPS) is 31.0. The number of alkyl carbamates (subject to hydrolysis) is 1. The number of fused-ring (bicyclic) bond motifs is 2. The molecule has 3 unspecified atom stereocenters. The number of rotatable bonds is 4. The molecule has 2 bridgehead atoms. The van der Waals surface area contributed by atoms with E-state index < -0.39 is 5.60 Å². The summed E-state index contributed by atoms with van der Waals surface area (Å²) in [4.78, 5) is 14.2. The Balaban J connectivity index is 1.68. The first-order valence-corrected chi connectivity index (χ1v) is 8.19. The summed E-state index contributed by atoms with van der Waals surface area (Å²) in [6.45, 7) is 8.36. The smallest absolute Gasteiger partial charge is 0.407 e. The van der Waals surface area contributed by atoms with Crippen LogP contribution in [0.25, 0.3) is 0 Å². The van der Waals surface area contributed by atoms with E-state index in [0.717, 1.165) is 12.1 Å². The van der Waals surface area contributed by atoms with Gasteiger partial charge in [-0.1, -0.05) is 0 Å². The van der Waals surface area contributed by atoms with Crippen molar-refractivity contribution in [2.24, 2.45) is 0 Å². The second-order valence-electron chi connectivity index (χ2n) is 7.67. The third-order valence-corrected chi connectivity index (χ3v) is 4.57. The Hall–Kier alpha value is -0.810. The van der Waals surface area contributed by atoms with E-state index in [1.54, 1.807) is 0 Å². The zero-order valence-corrected chi connectivity index (χ0v) is 14.1. The number of nitrogens with one attached hydrogen (secondary N) is 2. The minimum Gasteiger partial charge on any atom is -0.444 e. The van der Waals surface area contributed by atoms with E-state index >= 15 is 0 Å². The van der Waals surface area contributed by atoms with Crippen LogP contribution in [0.2, 0.25) is 0 Å². The third-order valence-electron chi connectivity index (χ3n) is 4.57. The second kappa shape index (κ2) is 6.53. The monoisotopic (exact) mass is 297 g/mol. The topological polar surface area (TPSA) is 53.6 Å². The van der Waals surface area contributed by atoms with Crippen molar-refractivity contribution < 1.29 is 9.53 Å². The molecule has 2 aliphatic heterocycles. The average Bonchev–Trinajstić information content (AvgIpc) is 2.59. The van der Waals surface area contributed by atoms with Gasteiger partial charge in [-0.2, -0.15) is 0 Å². The molecule has 3 atom stereocenters. The maximum Gasteiger partial charge on any atom is 0.407 e. The van der Waals surface area contributed by atoms with Gasteiger partial charge in [0.1, 0.15) is 5.60 Å². The predicted molar refractivity (Wildman–Crippen MR) is 84.4 cm³/mol. The molecule has 5 nitrogen and oxygen atoms in total. The number of hydrogen-bond acceptors (Lipinski definition) is 4. The van der Waals surface area contributed by atoms with Gasteiger partial charge in [0.15, 0.2) is 0 Å². The molecule has 0 aromatic rings. The van der Waals surface area contributed by atoms with Gasteiger partial charge in [-0.25, -0.2) is 4.79 Å². The summed E-state index contributed by atoms with van der Waals surface area (Å²) in [5.74, 6) is 0. The number of amides is 1. The number of ether oxygens (including phenoxy) is 1. The van der Waals surface area contributed by atoms with Crippen molar-refractivity contribution in [2.75, 3.05) is 13.6 Å². The van der Waals surface area contributed by atoms with Crippen LogP contribution in [0.3, 0.4) is 0 Å². The lowest BCUT2D eigenvalue weighted by Gasteiger charge is -2.38. The van der Waals surface area contributed by atoms with E-state index in [-0.39, 0.29) is 12.1 Å². The van der Waals surface area contributed by atoms with Crippen LogP contribution >= 0.6 is 0 Å². The fourth-order valence-electron chi connectivity index (χ4n) is 3.56. The Morgan fingerprint density at radius 1 is 1.29 bits per heavy atom. The molecule has 0 aromatic carbocycles. The van der Waals surface area contributed by atoms with Gasteiger partial charge in [0.05, 0.1) is 0 Å². The Morgan fingerprint density at radius 3 is 2.38 bits per heavy atom. The molecule has 2 saturated heterocycles. The molecule has 0 radical (unpaired) electrons. The van der Waals surface area contributed by atoms with Gasteiger partial charge in [-0.3, -0.25) is 0 Å². The van der Waals surface area contributed by atoms with E-state index in [9.17, 15) is 4.79 Å². The summed E-state index contributed by atoms with van der Waals surface area (Å²) >= 11 is 0. The molecule has 2 aliphatic rings. The highest BCUT2D eigenvalue weighted by Gasteiger charge is 2.38. The number of carbonyl (C=O) groups is 1. The molecule has 2 N–H and O–H groups in total. The van der Waals surface area contributed by atoms with E-state index in [2.05, 4.69) is 29.5 Å². The highest BCUT2D eigenvalue weighted by molar-refractivity contribution is 5.67. The maximum atomic E-state index is 11.6. The third kappa shape index (κ3) is 4.85. The molecule has 0 saturated carbocycles. The molecule has 1 amide bonds. The van der Waals surface area contributed by atoms with Crippen LogP contribution in [0.1, 0.15) is 53.4 Å². The van der Waals surface area contributed by atoms with Gasteiger partial charge in [0.25, 0.3) is 0 Å². The van der Waals surface area contributed by atoms with Gasteiger partial charge in [-0.15, -0.1) is 0 Å². The van der Waals surface area contributed by atoms with Crippen LogP contribution in [0.5, 0.6) is 0 Å². The van der Waals surface area contributed by atoms with Crippen molar-refractivity contribution in [3.8, 4) is 0 Å². The standard InChI is InChI=1S/C16H31N3O2/c1-11(10-17-15(20)21-16(2,3)4)18-12-8-13-6-7-14(9-12)19(13)5/h11-14,18H,6-10H2,1-5H3,(H,17,20). The molecule has 122 valence electrons. The molecule has 2 fully saturated rings. The van der Waals surface area contributed by atoms with Crippen molar-refractivity contribution in [2.45, 2.75) is 83.1 Å². The number of nitrogens with zero attached hydrogens (tertiary/aromatic N) is 1. The van der Waals surface area contributed by atoms with Gasteiger partial charge in [0.2, 0.25) is 0 Å². The SMILES string of the molecule is CC(CNC(=O)OC(C)(C)C)NC1CC2CCC(C1)N2C. The first-order chi connectivity index (χ1) is 9.74. The zero-order valence-electron chi connectivity index (χ0n) is 14.1. The molecule has 21 heavy (non-hydrogen) atoms. The molecule has 5 heteroatoms. The van der Waals surface area contributed by atoms with E-state index in [1.165, 1.54) is 25.7 Å². The second-order valence-corrected chi connectivity index (χ2v) is 7.67. The molecule has 2 rings (SSSR count). The first kappa shape index (κ1) is 16.6. The van der Waals surface area contributed by atoms with Crippen LogP contribution in [0.4, 0.5) is 4.79 Å². The van der Waals surface area contributed by atoms with Crippen LogP contribution in [-0.4, -0.2) is 54.4 Å². The highest BCUT2D eigenvalue weighted by atomic mass is 16.6. The molecule has 0 spiro atoms. The van der Waals surface area contributed by atoms with Crippen LogP contribution in [0.15, 0.2) is 0 Å². The molecule has 2 heterocycles. The Bertz CT molecular complexity index is 353. The summed E-state index contributed by atoms with van der Waals surface area (Å²) in [5.41, 5.74) is -0.437. The summed E-state index contributed by atoms with van der Waals surface area (Å²) in [6, 6.07) is 2.33. The van der Waals surface area contributed by atoms with Crippen LogP contribution < -0.4 is 10.6 Å². The lowest BCUT2D eigenvalue weighted by Crippen LogP contribution is -2.51. The lowest BCUT2D eigenvalue weighted by molar-refractivity contribution is 0.0520. The summed E-state index contributed by atoms with van der Waals surface area (Å²) in [7, 11) is 2.26. The van der Waals surface area contributed by atoms with Crippen molar-refractivity contribution >= 4 is 6.09 Å². The van der Waals surface area contributed by atoms with Crippen molar-refractivity contribution in [1.82, 2.24) is 15.5 Å². The summed E-state index contributed by atoms with van der Waals surface area (Å²) in [6.07, 6.45) is 4.79. The molecule has 0 aromatic heterocycles. The average molecular weight is 297 g/mol. The molecule has 0 aliphatic carbocycles. The van der Waals surface area contributed by atoms with Crippen LogP contribution in [-0.2, 0) is 4.74 Å². The van der Waals surface area contributed by atoms with E-state index in [4.69, 9.17) is 4.74 Å². The van der Waals surface area contributed by atoms with Gasteiger partial charge < -0.3 is 20.3 Å². The fourth-order valence-corrected chi connectivity index (χ4v) is 3.56. The van der Waals surface area contributed by atoms with E-state index in [0.29, 0.717) is 12.6 Å². The number of piperidine rings is 1. The minimum atomic E-state index is -0.437. The Labute approximate surface area is 128 Å². The summed E-state index contributed by atoms with van der Waals surface area (Å²) in [5, 5.41) is 6.50. The zero-order chi connectivity index (χ0) is 15.6. The maximum absolute atomic E-state index is 11.6. The largest absolute Gasteiger partial charge is 0.444 e. The van der Waals surface area contributed by atoms with Crippen molar-refractivity contribution in [1.29, 1.82) is 0 Å². The number of hydrogen-bond donors (Lipinski definition) is 2. The molecular formula is C16H31N3O2. The van der Waals surface area contributed by atoms with Crippen molar-refractivity contribution in [3.63, 3.8) is 0 Å². The number of carbonyl (C=O) groups excluding carboxylic acids is 1. The summed E-state index contributed by atoms with van der Waals surface area (Å²) < 4.78 is 5.25. The van der Waals surface area contributed by atoms with E-state index in [1.807, 2.05) is 20.8 Å².